The van der Waals surface area contributed by atoms with Crippen LogP contribution >= 0.6 is 0 Å². The van der Waals surface area contributed by atoms with Gasteiger partial charge in [0, 0.05) is 12.1 Å². The van der Waals surface area contributed by atoms with Crippen LogP contribution in [0.1, 0.15) is 13.8 Å². The molecule has 0 aliphatic heterocycles. The first-order valence-corrected chi connectivity index (χ1v) is 5.71. The molecule has 2 atom stereocenters. The molecular formula is C13H19NO4. The molecule has 0 aliphatic carbocycles. The maximum atomic E-state index is 10.9. The highest BCUT2D eigenvalue weighted by molar-refractivity contribution is 5.71. The van der Waals surface area contributed by atoms with Crippen molar-refractivity contribution < 1.29 is 19.4 Å². The van der Waals surface area contributed by atoms with E-state index in [1.54, 1.807) is 33.3 Å². The SMILES string of the molecule is COc1ccc(NC(C)C(C)C(=O)O)c(OC)c1. The van der Waals surface area contributed by atoms with E-state index in [-0.39, 0.29) is 6.04 Å². The molecule has 0 bridgehead atoms. The van der Waals surface area contributed by atoms with E-state index in [1.165, 1.54) is 0 Å². The zero-order chi connectivity index (χ0) is 13.7. The smallest absolute Gasteiger partial charge is 0.308 e. The quantitative estimate of drug-likeness (QED) is 0.813. The minimum atomic E-state index is -0.831. The minimum absolute atomic E-state index is 0.204. The fourth-order valence-corrected chi connectivity index (χ4v) is 1.50. The van der Waals surface area contributed by atoms with Crippen molar-refractivity contribution >= 4 is 11.7 Å². The van der Waals surface area contributed by atoms with Gasteiger partial charge in [0.05, 0.1) is 25.8 Å². The summed E-state index contributed by atoms with van der Waals surface area (Å²) in [5.74, 6) is -0.00517. The number of carboxylic acids is 1. The molecule has 1 rings (SSSR count). The Morgan fingerprint density at radius 1 is 1.28 bits per heavy atom. The normalized spacial score (nSPS) is 13.6. The molecule has 2 unspecified atom stereocenters. The molecule has 1 aromatic rings. The molecule has 1 aromatic carbocycles. The summed E-state index contributed by atoms with van der Waals surface area (Å²) in [4.78, 5) is 10.9. The zero-order valence-corrected chi connectivity index (χ0v) is 11.1. The maximum Gasteiger partial charge on any atom is 0.308 e. The first-order valence-electron chi connectivity index (χ1n) is 5.71. The Balaban J connectivity index is 2.87. The lowest BCUT2D eigenvalue weighted by atomic mass is 10.0. The molecular weight excluding hydrogens is 234 g/mol. The van der Waals surface area contributed by atoms with Crippen LogP contribution in [0.3, 0.4) is 0 Å². The number of carboxylic acid groups (broad SMARTS) is 1. The van der Waals surface area contributed by atoms with E-state index in [0.717, 1.165) is 5.69 Å². The van der Waals surface area contributed by atoms with E-state index in [9.17, 15) is 4.79 Å². The molecule has 2 N–H and O–H groups in total. The Morgan fingerprint density at radius 3 is 2.44 bits per heavy atom. The van der Waals surface area contributed by atoms with E-state index >= 15 is 0 Å². The van der Waals surface area contributed by atoms with Crippen LogP contribution in [0, 0.1) is 5.92 Å². The number of ether oxygens (including phenoxy) is 2. The number of aliphatic carboxylic acids is 1. The summed E-state index contributed by atoms with van der Waals surface area (Å²) < 4.78 is 10.3. The standard InChI is InChI=1S/C13H19NO4/c1-8(13(15)16)9(2)14-11-6-5-10(17-3)7-12(11)18-4/h5-9,14H,1-4H3,(H,15,16). The van der Waals surface area contributed by atoms with E-state index in [1.807, 2.05) is 13.0 Å². The Labute approximate surface area is 107 Å². The van der Waals surface area contributed by atoms with Gasteiger partial charge in [0.1, 0.15) is 11.5 Å². The van der Waals surface area contributed by atoms with Gasteiger partial charge >= 0.3 is 5.97 Å². The van der Waals surface area contributed by atoms with Crippen LogP contribution in [0.4, 0.5) is 5.69 Å². The van der Waals surface area contributed by atoms with Gasteiger partial charge in [0.2, 0.25) is 0 Å². The van der Waals surface area contributed by atoms with Gasteiger partial charge < -0.3 is 19.9 Å². The zero-order valence-electron chi connectivity index (χ0n) is 11.1. The van der Waals surface area contributed by atoms with Gasteiger partial charge in [-0.1, -0.05) is 0 Å². The summed E-state index contributed by atoms with van der Waals surface area (Å²) in [6, 6.07) is 5.15. The van der Waals surface area contributed by atoms with Crippen molar-refractivity contribution in [2.45, 2.75) is 19.9 Å². The van der Waals surface area contributed by atoms with Crippen molar-refractivity contribution in [2.75, 3.05) is 19.5 Å². The molecule has 0 aromatic heterocycles. The van der Waals surface area contributed by atoms with Gasteiger partial charge in [-0.25, -0.2) is 0 Å². The predicted molar refractivity (Wildman–Crippen MR) is 69.4 cm³/mol. The van der Waals surface area contributed by atoms with Crippen molar-refractivity contribution in [3.63, 3.8) is 0 Å². The number of nitrogens with one attached hydrogen (secondary N) is 1. The van der Waals surface area contributed by atoms with E-state index in [0.29, 0.717) is 11.5 Å². The number of rotatable bonds is 6. The van der Waals surface area contributed by atoms with Crippen molar-refractivity contribution in [3.05, 3.63) is 18.2 Å². The van der Waals surface area contributed by atoms with Crippen LogP contribution in [0.5, 0.6) is 11.5 Å². The van der Waals surface area contributed by atoms with Crippen molar-refractivity contribution in [1.29, 1.82) is 0 Å². The minimum Gasteiger partial charge on any atom is -0.497 e. The molecule has 5 nitrogen and oxygen atoms in total. The summed E-state index contributed by atoms with van der Waals surface area (Å²) in [5.41, 5.74) is 0.749. The lowest BCUT2D eigenvalue weighted by molar-refractivity contribution is -0.141. The van der Waals surface area contributed by atoms with Crippen LogP contribution in [0.15, 0.2) is 18.2 Å². The lowest BCUT2D eigenvalue weighted by Crippen LogP contribution is -2.29. The van der Waals surface area contributed by atoms with E-state index in [4.69, 9.17) is 14.6 Å². The van der Waals surface area contributed by atoms with Gasteiger partial charge in [-0.3, -0.25) is 4.79 Å². The number of hydrogen-bond acceptors (Lipinski definition) is 4. The van der Waals surface area contributed by atoms with Gasteiger partial charge in [-0.05, 0) is 26.0 Å². The Kier molecular flexibility index (Phi) is 4.83. The molecule has 0 fully saturated rings. The molecule has 0 saturated heterocycles. The second-order valence-corrected chi connectivity index (χ2v) is 4.13. The van der Waals surface area contributed by atoms with Gasteiger partial charge in [0.15, 0.2) is 0 Å². The third-order valence-corrected chi connectivity index (χ3v) is 2.93. The summed E-state index contributed by atoms with van der Waals surface area (Å²) >= 11 is 0. The van der Waals surface area contributed by atoms with Crippen molar-refractivity contribution in [3.8, 4) is 11.5 Å². The highest BCUT2D eigenvalue weighted by Crippen LogP contribution is 2.30. The summed E-state index contributed by atoms with van der Waals surface area (Å²) in [6.07, 6.45) is 0. The Hall–Kier alpha value is -1.91. The molecule has 5 heteroatoms. The van der Waals surface area contributed by atoms with Crippen LogP contribution < -0.4 is 14.8 Å². The Bertz CT molecular complexity index is 419. The van der Waals surface area contributed by atoms with Crippen LogP contribution in [-0.4, -0.2) is 31.3 Å². The highest BCUT2D eigenvalue weighted by atomic mass is 16.5. The molecule has 0 spiro atoms. The number of methoxy groups -OCH3 is 2. The summed E-state index contributed by atoms with van der Waals surface area (Å²) in [6.45, 7) is 3.48. The monoisotopic (exact) mass is 253 g/mol. The van der Waals surface area contributed by atoms with Crippen LogP contribution in [0.25, 0.3) is 0 Å². The van der Waals surface area contributed by atoms with Crippen molar-refractivity contribution in [1.82, 2.24) is 0 Å². The molecule has 100 valence electrons. The summed E-state index contributed by atoms with van der Waals surface area (Å²) in [7, 11) is 3.14. The van der Waals surface area contributed by atoms with Crippen molar-refractivity contribution in [2.24, 2.45) is 5.92 Å². The fraction of sp³-hybridized carbons (Fsp3) is 0.462. The molecule has 0 radical (unpaired) electrons. The van der Waals surface area contributed by atoms with Gasteiger partial charge in [-0.15, -0.1) is 0 Å². The third-order valence-electron chi connectivity index (χ3n) is 2.93. The molecule has 18 heavy (non-hydrogen) atoms. The Morgan fingerprint density at radius 2 is 1.94 bits per heavy atom. The van der Waals surface area contributed by atoms with E-state index < -0.39 is 11.9 Å². The van der Waals surface area contributed by atoms with Crippen LogP contribution in [0.2, 0.25) is 0 Å². The highest BCUT2D eigenvalue weighted by Gasteiger charge is 2.20. The van der Waals surface area contributed by atoms with Gasteiger partial charge in [0.25, 0.3) is 0 Å². The lowest BCUT2D eigenvalue weighted by Gasteiger charge is -2.20. The third kappa shape index (κ3) is 3.29. The average Bonchev–Trinajstić information content (AvgIpc) is 2.37. The first kappa shape index (κ1) is 14.2. The number of benzene rings is 1. The second kappa shape index (κ2) is 6.14. The predicted octanol–water partition coefficient (Wildman–Crippen LogP) is 2.22. The van der Waals surface area contributed by atoms with E-state index in [2.05, 4.69) is 5.32 Å². The number of anilines is 1. The largest absolute Gasteiger partial charge is 0.497 e. The topological polar surface area (TPSA) is 67.8 Å². The molecule has 0 aliphatic rings. The maximum absolute atomic E-state index is 10.9. The molecule has 0 saturated carbocycles. The van der Waals surface area contributed by atoms with Gasteiger partial charge in [-0.2, -0.15) is 0 Å². The van der Waals surface area contributed by atoms with Crippen LogP contribution in [-0.2, 0) is 4.79 Å². The average molecular weight is 253 g/mol. The summed E-state index contributed by atoms with van der Waals surface area (Å²) in [5, 5.41) is 12.1. The second-order valence-electron chi connectivity index (χ2n) is 4.13. The molecule has 0 amide bonds. The fourth-order valence-electron chi connectivity index (χ4n) is 1.50. The molecule has 0 heterocycles. The number of carbonyl (C=O) groups is 1. The first-order chi connectivity index (χ1) is 8.49. The number of hydrogen-bond donors (Lipinski definition) is 2.